The van der Waals surface area contributed by atoms with E-state index in [0.29, 0.717) is 6.07 Å². The molecule has 1 aromatic heterocycles. The van der Waals surface area contributed by atoms with E-state index in [-0.39, 0.29) is 17.5 Å². The fourth-order valence-corrected chi connectivity index (χ4v) is 1.19. The smallest absolute Gasteiger partial charge is 0.433 e. The maximum absolute atomic E-state index is 12.6. The Morgan fingerprint density at radius 1 is 1.33 bits per heavy atom. The summed E-state index contributed by atoms with van der Waals surface area (Å²) in [6.07, 6.45) is -5.01. The van der Waals surface area contributed by atoms with Gasteiger partial charge in [0.15, 0.2) is 0 Å². The highest BCUT2D eigenvalue weighted by Gasteiger charge is 2.34. The molecule has 1 aromatic rings. The Kier molecular flexibility index (Phi) is 4.15. The van der Waals surface area contributed by atoms with Crippen molar-refractivity contribution < 1.29 is 27.4 Å². The van der Waals surface area contributed by atoms with Crippen LogP contribution >= 0.6 is 0 Å². The predicted octanol–water partition coefficient (Wildman–Crippen LogP) is 2.67. The number of methoxy groups -OCH3 is 1. The zero-order chi connectivity index (χ0) is 13.9. The van der Waals surface area contributed by atoms with Crippen LogP contribution in [0.5, 0.6) is 5.88 Å². The highest BCUT2D eigenvalue weighted by molar-refractivity contribution is 5.89. The average molecular weight is 263 g/mol. The van der Waals surface area contributed by atoms with Crippen LogP contribution in [0, 0.1) is 0 Å². The van der Waals surface area contributed by atoms with Crippen LogP contribution in [0.25, 0.3) is 0 Å². The molecule has 0 radical (unpaired) electrons. The van der Waals surface area contributed by atoms with Gasteiger partial charge in [-0.1, -0.05) is 0 Å². The lowest BCUT2D eigenvalue weighted by Crippen LogP contribution is -2.14. The summed E-state index contributed by atoms with van der Waals surface area (Å²) in [6, 6.07) is 1.74. The Morgan fingerprint density at radius 3 is 2.39 bits per heavy atom. The first-order valence-corrected chi connectivity index (χ1v) is 5.08. The van der Waals surface area contributed by atoms with E-state index in [0.717, 1.165) is 13.2 Å². The maximum atomic E-state index is 12.6. The second kappa shape index (κ2) is 5.24. The molecule has 0 saturated carbocycles. The molecule has 0 spiro atoms. The number of pyridine rings is 1. The minimum atomic E-state index is -4.65. The second-order valence-electron chi connectivity index (χ2n) is 3.74. The molecule has 0 bridgehead atoms. The third kappa shape index (κ3) is 3.61. The molecule has 0 aromatic carbocycles. The van der Waals surface area contributed by atoms with Crippen molar-refractivity contribution in [2.24, 2.45) is 0 Å². The number of carbonyl (C=O) groups is 1. The van der Waals surface area contributed by atoms with Crippen molar-refractivity contribution in [1.29, 1.82) is 0 Å². The SMILES string of the molecule is COC(=O)c1cc(OC(C)C)nc(C(F)(F)F)c1. The summed E-state index contributed by atoms with van der Waals surface area (Å²) in [5, 5.41) is 0. The minimum absolute atomic E-state index is 0.254. The first-order chi connectivity index (χ1) is 8.24. The van der Waals surface area contributed by atoms with E-state index in [4.69, 9.17) is 4.74 Å². The van der Waals surface area contributed by atoms with Gasteiger partial charge < -0.3 is 9.47 Å². The number of aromatic nitrogens is 1. The van der Waals surface area contributed by atoms with Gasteiger partial charge in [-0.05, 0) is 19.9 Å². The first kappa shape index (κ1) is 14.3. The van der Waals surface area contributed by atoms with Gasteiger partial charge in [-0.2, -0.15) is 13.2 Å². The van der Waals surface area contributed by atoms with Crippen molar-refractivity contribution in [3.8, 4) is 5.88 Å². The van der Waals surface area contributed by atoms with E-state index in [2.05, 4.69) is 9.72 Å². The lowest BCUT2D eigenvalue weighted by molar-refractivity contribution is -0.141. The molecule has 0 saturated heterocycles. The van der Waals surface area contributed by atoms with E-state index in [9.17, 15) is 18.0 Å². The Morgan fingerprint density at radius 2 is 1.94 bits per heavy atom. The van der Waals surface area contributed by atoms with Crippen molar-refractivity contribution in [2.45, 2.75) is 26.1 Å². The largest absolute Gasteiger partial charge is 0.475 e. The molecule has 0 N–H and O–H groups in total. The molecule has 0 aliphatic carbocycles. The molecule has 0 fully saturated rings. The van der Waals surface area contributed by atoms with Gasteiger partial charge in [0.1, 0.15) is 5.69 Å². The number of nitrogens with zero attached hydrogens (tertiary/aromatic N) is 1. The first-order valence-electron chi connectivity index (χ1n) is 5.08. The third-order valence-electron chi connectivity index (χ3n) is 1.87. The quantitative estimate of drug-likeness (QED) is 0.787. The molecule has 1 heterocycles. The van der Waals surface area contributed by atoms with Gasteiger partial charge in [-0.3, -0.25) is 0 Å². The van der Waals surface area contributed by atoms with Crippen molar-refractivity contribution in [2.75, 3.05) is 7.11 Å². The second-order valence-corrected chi connectivity index (χ2v) is 3.74. The lowest BCUT2D eigenvalue weighted by Gasteiger charge is -2.13. The molecular weight excluding hydrogens is 251 g/mol. The van der Waals surface area contributed by atoms with Gasteiger partial charge in [0.25, 0.3) is 0 Å². The lowest BCUT2D eigenvalue weighted by atomic mass is 10.2. The highest BCUT2D eigenvalue weighted by atomic mass is 19.4. The normalized spacial score (nSPS) is 11.5. The van der Waals surface area contributed by atoms with Crippen LogP contribution in [0.3, 0.4) is 0 Å². The van der Waals surface area contributed by atoms with Crippen LogP contribution in [0.2, 0.25) is 0 Å². The van der Waals surface area contributed by atoms with Gasteiger partial charge in [0.2, 0.25) is 5.88 Å². The van der Waals surface area contributed by atoms with Crippen molar-refractivity contribution in [3.63, 3.8) is 0 Å². The molecule has 7 heteroatoms. The number of halogens is 3. The summed E-state index contributed by atoms with van der Waals surface area (Å²) in [4.78, 5) is 14.6. The number of ether oxygens (including phenoxy) is 2. The fraction of sp³-hybridized carbons (Fsp3) is 0.455. The minimum Gasteiger partial charge on any atom is -0.475 e. The molecule has 100 valence electrons. The highest BCUT2D eigenvalue weighted by Crippen LogP contribution is 2.30. The summed E-state index contributed by atoms with van der Waals surface area (Å²) in [5.74, 6) is -1.14. The van der Waals surface area contributed by atoms with Crippen LogP contribution in [0.1, 0.15) is 29.9 Å². The average Bonchev–Trinajstić information content (AvgIpc) is 2.25. The number of alkyl halides is 3. The molecule has 0 amide bonds. The van der Waals surface area contributed by atoms with Crippen LogP contribution in [0.4, 0.5) is 13.2 Å². The zero-order valence-electron chi connectivity index (χ0n) is 10.0. The van der Waals surface area contributed by atoms with Crippen LogP contribution in [-0.4, -0.2) is 24.2 Å². The van der Waals surface area contributed by atoms with E-state index in [1.807, 2.05) is 0 Å². The molecule has 1 rings (SSSR count). The predicted molar refractivity (Wildman–Crippen MR) is 56.3 cm³/mol. The molecule has 4 nitrogen and oxygen atoms in total. The Balaban J connectivity index is 3.24. The van der Waals surface area contributed by atoms with Crippen LogP contribution < -0.4 is 4.74 Å². The number of carbonyl (C=O) groups excluding carboxylic acids is 1. The topological polar surface area (TPSA) is 48.4 Å². The molecule has 0 aliphatic rings. The van der Waals surface area contributed by atoms with Gasteiger partial charge in [0.05, 0.1) is 18.8 Å². The number of rotatable bonds is 3. The summed E-state index contributed by atoms with van der Waals surface area (Å²) in [6.45, 7) is 3.28. The number of hydrogen-bond acceptors (Lipinski definition) is 4. The Hall–Kier alpha value is -1.79. The van der Waals surface area contributed by atoms with E-state index in [1.54, 1.807) is 13.8 Å². The van der Waals surface area contributed by atoms with Crippen molar-refractivity contribution in [1.82, 2.24) is 4.98 Å². The molecule has 0 aliphatic heterocycles. The fourth-order valence-electron chi connectivity index (χ4n) is 1.19. The van der Waals surface area contributed by atoms with E-state index >= 15 is 0 Å². The van der Waals surface area contributed by atoms with Crippen molar-refractivity contribution >= 4 is 5.97 Å². The Bertz CT molecular complexity index is 444. The molecular formula is C11H12F3NO3. The van der Waals surface area contributed by atoms with Gasteiger partial charge in [-0.15, -0.1) is 0 Å². The maximum Gasteiger partial charge on any atom is 0.433 e. The summed E-state index contributed by atoms with van der Waals surface area (Å²) < 4.78 is 47.2. The van der Waals surface area contributed by atoms with Gasteiger partial charge >= 0.3 is 12.1 Å². The monoisotopic (exact) mass is 263 g/mol. The molecule has 0 atom stereocenters. The third-order valence-corrected chi connectivity index (χ3v) is 1.87. The number of hydrogen-bond donors (Lipinski definition) is 0. The van der Waals surface area contributed by atoms with Crippen LogP contribution in [-0.2, 0) is 10.9 Å². The van der Waals surface area contributed by atoms with Gasteiger partial charge in [0, 0.05) is 6.07 Å². The summed E-state index contributed by atoms with van der Waals surface area (Å²) in [7, 11) is 1.08. The summed E-state index contributed by atoms with van der Waals surface area (Å²) in [5.41, 5.74) is -1.45. The van der Waals surface area contributed by atoms with Crippen molar-refractivity contribution in [3.05, 3.63) is 23.4 Å². The summed E-state index contributed by atoms with van der Waals surface area (Å²) >= 11 is 0. The standard InChI is InChI=1S/C11H12F3NO3/c1-6(2)18-9-5-7(10(16)17-3)4-8(15-9)11(12,13)14/h4-6H,1-3H3. The number of esters is 1. The van der Waals surface area contributed by atoms with Crippen LogP contribution in [0.15, 0.2) is 12.1 Å². The zero-order valence-corrected chi connectivity index (χ0v) is 10.0. The Labute approximate surface area is 102 Å². The van der Waals surface area contributed by atoms with Gasteiger partial charge in [-0.25, -0.2) is 9.78 Å². The van der Waals surface area contributed by atoms with E-state index < -0.39 is 17.8 Å². The molecule has 0 unspecified atom stereocenters. The van der Waals surface area contributed by atoms with E-state index in [1.165, 1.54) is 0 Å². The molecule has 18 heavy (non-hydrogen) atoms.